The van der Waals surface area contributed by atoms with Gasteiger partial charge >= 0.3 is 0 Å². The van der Waals surface area contributed by atoms with Crippen LogP contribution in [0.5, 0.6) is 0 Å². The Kier molecular flexibility index (Phi) is 47.9. The summed E-state index contributed by atoms with van der Waals surface area (Å²) in [5.74, 6) is 1.60. The Morgan fingerprint density at radius 2 is 1.06 bits per heavy atom. The quantitative estimate of drug-likeness (QED) is 0.0413. The Morgan fingerprint density at radius 1 is 0.612 bits per heavy atom. The van der Waals surface area contributed by atoms with Gasteiger partial charge in [0.15, 0.2) is 0 Å². The van der Waals surface area contributed by atoms with Crippen molar-refractivity contribution in [3.63, 3.8) is 0 Å². The second kappa shape index (κ2) is 44.9. The van der Waals surface area contributed by atoms with Crippen molar-refractivity contribution in [2.45, 2.75) is 215 Å². The third kappa shape index (κ3) is 44.9. The highest BCUT2D eigenvalue weighted by Crippen LogP contribution is 2.23. The van der Waals surface area contributed by atoms with E-state index in [0.29, 0.717) is 12.5 Å². The third-order valence-corrected chi connectivity index (χ3v) is 9.89. The minimum atomic E-state index is 0.291. The molecular weight excluding hydrogens is 595 g/mol. The van der Waals surface area contributed by atoms with Gasteiger partial charge < -0.3 is 10.0 Å². The van der Waals surface area contributed by atoms with E-state index in [2.05, 4.69) is 91.3 Å². The zero-order valence-electron chi connectivity index (χ0n) is 35.1. The molecule has 0 fully saturated rings. The van der Waals surface area contributed by atoms with E-state index in [9.17, 15) is 5.11 Å². The molecule has 0 bridgehead atoms. The van der Waals surface area contributed by atoms with Crippen LogP contribution in [0, 0.1) is 11.8 Å². The normalized spacial score (nSPS) is 12.2. The lowest BCUT2D eigenvalue weighted by Gasteiger charge is -2.21. The summed E-state index contributed by atoms with van der Waals surface area (Å²) in [4.78, 5) is 2.49. The minimum absolute atomic E-state index is 0.291. The molecule has 49 heavy (non-hydrogen) atoms. The second-order valence-corrected chi connectivity index (χ2v) is 15.1. The lowest BCUT2D eigenvalue weighted by atomic mass is 9.92. The van der Waals surface area contributed by atoms with Crippen LogP contribution in [0.15, 0.2) is 49.1 Å². The van der Waals surface area contributed by atoms with Crippen molar-refractivity contribution in [2.24, 2.45) is 11.8 Å². The van der Waals surface area contributed by atoms with Crippen LogP contribution in [0.3, 0.4) is 0 Å². The van der Waals surface area contributed by atoms with Gasteiger partial charge in [0.2, 0.25) is 0 Å². The van der Waals surface area contributed by atoms with Crippen LogP contribution in [0.25, 0.3) is 0 Å². The molecule has 1 atom stereocenters. The molecule has 0 aliphatic heterocycles. The number of nitrogens with zero attached hydrogens (tertiary/aromatic N) is 1. The molecule has 0 spiro atoms. The fourth-order valence-corrected chi connectivity index (χ4v) is 6.20. The van der Waals surface area contributed by atoms with Crippen molar-refractivity contribution in [1.82, 2.24) is 4.90 Å². The fourth-order valence-electron chi connectivity index (χ4n) is 6.20. The van der Waals surface area contributed by atoms with E-state index in [0.717, 1.165) is 25.6 Å². The van der Waals surface area contributed by atoms with E-state index in [1.54, 1.807) is 0 Å². The van der Waals surface area contributed by atoms with E-state index in [1.165, 1.54) is 178 Å². The summed E-state index contributed by atoms with van der Waals surface area (Å²) in [5, 5.41) is 9.46. The molecule has 2 heteroatoms. The van der Waals surface area contributed by atoms with E-state index in [-0.39, 0.29) is 0 Å². The molecule has 0 aromatic rings. The van der Waals surface area contributed by atoms with Crippen LogP contribution in [-0.2, 0) is 0 Å². The van der Waals surface area contributed by atoms with Gasteiger partial charge in [-0.05, 0) is 83.7 Å². The number of aliphatic hydroxyl groups excluding tert-OH is 1. The minimum Gasteiger partial charge on any atom is -0.395 e. The molecule has 0 amide bonds. The first-order chi connectivity index (χ1) is 23.8. The van der Waals surface area contributed by atoms with Crippen LogP contribution < -0.4 is 0 Å². The molecule has 292 valence electrons. The summed E-state index contributed by atoms with van der Waals surface area (Å²) >= 11 is 0. The summed E-state index contributed by atoms with van der Waals surface area (Å²) in [5.41, 5.74) is 2.85. The van der Waals surface area contributed by atoms with Crippen molar-refractivity contribution >= 4 is 0 Å². The Balaban J connectivity index is -0.00000184. The standard InChI is InChI=1S/C37H71NO.C8H18.C2H4/c1-6-8-9-10-11-15-19-24-29-36(4)37(5)30-25-20-17-22-27-32-38(33-34-39)31-26-21-16-13-12-14-18-23-28-35(3)7-2;1-4-5-6-7-8(2)3;1-2/h7,23,28,36,39H,5-6,8-22,24-27,29-34H2,1-4H3;8H,4-7H2,1-3H3;1-2H2/b28-23-,35-7+;;. The summed E-state index contributed by atoms with van der Waals surface area (Å²) in [6.45, 7) is 29.6. The first kappa shape index (κ1) is 52.2. The van der Waals surface area contributed by atoms with E-state index >= 15 is 0 Å². The van der Waals surface area contributed by atoms with Gasteiger partial charge in [-0.3, -0.25) is 0 Å². The molecule has 0 radical (unpaired) electrons. The molecule has 0 aliphatic rings. The maximum atomic E-state index is 9.46. The van der Waals surface area contributed by atoms with Crippen LogP contribution in [0.1, 0.15) is 215 Å². The molecule has 0 aliphatic carbocycles. The van der Waals surface area contributed by atoms with Gasteiger partial charge in [0, 0.05) is 6.54 Å². The highest BCUT2D eigenvalue weighted by molar-refractivity contribution is 5.14. The first-order valence-corrected chi connectivity index (χ1v) is 21.6. The van der Waals surface area contributed by atoms with Crippen LogP contribution >= 0.6 is 0 Å². The SMILES string of the molecule is C=C.C=C(CCCCCCCN(CCO)CCCCCCCC/C=C\C(C)=C\C)C(C)CCCCCCCCCC.CCCCCC(C)C. The number of allylic oxidation sites excluding steroid dienone is 5. The van der Waals surface area contributed by atoms with E-state index < -0.39 is 0 Å². The number of hydrogen-bond donors (Lipinski definition) is 1. The predicted octanol–water partition coefficient (Wildman–Crippen LogP) is 15.6. The molecule has 1 unspecified atom stereocenters. The zero-order valence-corrected chi connectivity index (χ0v) is 35.1. The topological polar surface area (TPSA) is 23.5 Å². The smallest absolute Gasteiger partial charge is 0.0558 e. The summed E-state index contributed by atoms with van der Waals surface area (Å²) < 4.78 is 0. The largest absolute Gasteiger partial charge is 0.395 e. The van der Waals surface area contributed by atoms with Gasteiger partial charge in [0.1, 0.15) is 0 Å². The van der Waals surface area contributed by atoms with Crippen molar-refractivity contribution in [1.29, 1.82) is 0 Å². The van der Waals surface area contributed by atoms with E-state index in [4.69, 9.17) is 0 Å². The van der Waals surface area contributed by atoms with Crippen molar-refractivity contribution < 1.29 is 5.11 Å². The summed E-state index contributed by atoms with van der Waals surface area (Å²) in [6.07, 6.45) is 42.0. The van der Waals surface area contributed by atoms with Crippen molar-refractivity contribution in [3.8, 4) is 0 Å². The lowest BCUT2D eigenvalue weighted by Crippen LogP contribution is -2.29. The van der Waals surface area contributed by atoms with Crippen LogP contribution in [0.2, 0.25) is 0 Å². The van der Waals surface area contributed by atoms with Crippen LogP contribution in [-0.4, -0.2) is 36.2 Å². The van der Waals surface area contributed by atoms with Gasteiger partial charge in [-0.15, -0.1) is 13.2 Å². The number of aliphatic hydroxyl groups is 1. The molecule has 0 aromatic carbocycles. The predicted molar refractivity (Wildman–Crippen MR) is 228 cm³/mol. The molecule has 2 nitrogen and oxygen atoms in total. The molecule has 0 rings (SSSR count). The van der Waals surface area contributed by atoms with Crippen molar-refractivity contribution in [3.05, 3.63) is 49.1 Å². The average molecular weight is 688 g/mol. The van der Waals surface area contributed by atoms with Gasteiger partial charge in [0.25, 0.3) is 0 Å². The third-order valence-electron chi connectivity index (χ3n) is 9.89. The highest BCUT2D eigenvalue weighted by Gasteiger charge is 2.07. The Morgan fingerprint density at radius 3 is 1.57 bits per heavy atom. The summed E-state index contributed by atoms with van der Waals surface area (Å²) in [7, 11) is 0. The average Bonchev–Trinajstić information content (AvgIpc) is 3.10. The molecule has 1 N–H and O–H groups in total. The molecule has 0 saturated carbocycles. The Bertz CT molecular complexity index is 692. The van der Waals surface area contributed by atoms with Gasteiger partial charge in [-0.25, -0.2) is 0 Å². The molecular formula is C47H93NO. The van der Waals surface area contributed by atoms with E-state index in [1.807, 2.05) is 0 Å². The lowest BCUT2D eigenvalue weighted by molar-refractivity contribution is 0.190. The Hall–Kier alpha value is -1.12. The van der Waals surface area contributed by atoms with Crippen LogP contribution in [0.4, 0.5) is 0 Å². The highest BCUT2D eigenvalue weighted by atomic mass is 16.3. The summed E-state index contributed by atoms with van der Waals surface area (Å²) in [6, 6.07) is 0. The molecule has 0 saturated heterocycles. The second-order valence-electron chi connectivity index (χ2n) is 15.1. The molecule has 0 heterocycles. The maximum Gasteiger partial charge on any atom is 0.0558 e. The van der Waals surface area contributed by atoms with Gasteiger partial charge in [-0.2, -0.15) is 0 Å². The fraction of sp³-hybridized carbons (Fsp3) is 0.830. The van der Waals surface area contributed by atoms with Gasteiger partial charge in [-0.1, -0.05) is 193 Å². The Labute approximate surface area is 311 Å². The number of unbranched alkanes of at least 4 members (excludes halogenated alkanes) is 19. The zero-order chi connectivity index (χ0) is 37.2. The molecule has 0 aromatic heterocycles. The van der Waals surface area contributed by atoms with Gasteiger partial charge in [0.05, 0.1) is 6.61 Å². The first-order valence-electron chi connectivity index (χ1n) is 21.6. The van der Waals surface area contributed by atoms with Crippen molar-refractivity contribution in [2.75, 3.05) is 26.2 Å². The maximum absolute atomic E-state index is 9.46. The number of rotatable bonds is 34. The number of hydrogen-bond acceptors (Lipinski definition) is 2. The monoisotopic (exact) mass is 688 g/mol.